The number of aromatic carboxylic acids is 2. The minimum Gasteiger partial charge on any atom is -0.507 e. The van der Waals surface area contributed by atoms with Crippen LogP contribution in [-0.4, -0.2) is 33.2 Å². The van der Waals surface area contributed by atoms with Gasteiger partial charge >= 0.3 is 17.9 Å². The summed E-state index contributed by atoms with van der Waals surface area (Å²) in [6.07, 6.45) is 0. The Morgan fingerprint density at radius 1 is 0.840 bits per heavy atom. The summed E-state index contributed by atoms with van der Waals surface area (Å²) in [4.78, 5) is 31.8. The van der Waals surface area contributed by atoms with Crippen molar-refractivity contribution in [3.05, 3.63) is 58.7 Å². The third-order valence-corrected chi connectivity index (χ3v) is 3.00. The number of ether oxygens (including phenoxy) is 1. The van der Waals surface area contributed by atoms with Crippen LogP contribution in [-0.2, 0) is 4.79 Å². The van der Waals surface area contributed by atoms with Gasteiger partial charge in [-0.1, -0.05) is 23.3 Å². The fourth-order valence-electron chi connectivity index (χ4n) is 1.88. The van der Waals surface area contributed by atoms with Crippen molar-refractivity contribution < 1.29 is 34.4 Å². The smallest absolute Gasteiger partial charge is 0.339 e. The number of esters is 1. The SMILES string of the molecule is CC(=O)Oc1ccc(C)cc1C(=O)O.Cc1ccc(O)c(C(=O)O)c1. The highest BCUT2D eigenvalue weighted by molar-refractivity contribution is 5.92. The summed E-state index contributed by atoms with van der Waals surface area (Å²) >= 11 is 0. The molecule has 0 amide bonds. The van der Waals surface area contributed by atoms with E-state index >= 15 is 0 Å². The zero-order valence-electron chi connectivity index (χ0n) is 13.9. The molecule has 7 nitrogen and oxygen atoms in total. The Labute approximate surface area is 144 Å². The Bertz CT molecular complexity index is 809. The highest BCUT2D eigenvalue weighted by Crippen LogP contribution is 2.20. The molecule has 0 aliphatic heterocycles. The monoisotopic (exact) mass is 346 g/mol. The van der Waals surface area contributed by atoms with Crippen LogP contribution in [0.15, 0.2) is 36.4 Å². The molecule has 0 saturated carbocycles. The zero-order chi connectivity index (χ0) is 19.1. The van der Waals surface area contributed by atoms with E-state index in [4.69, 9.17) is 20.1 Å². The van der Waals surface area contributed by atoms with Crippen LogP contribution in [0.25, 0.3) is 0 Å². The van der Waals surface area contributed by atoms with Crippen LogP contribution in [0.2, 0.25) is 0 Å². The van der Waals surface area contributed by atoms with Crippen molar-refractivity contribution in [3.63, 3.8) is 0 Å². The van der Waals surface area contributed by atoms with Crippen molar-refractivity contribution in [1.29, 1.82) is 0 Å². The van der Waals surface area contributed by atoms with Gasteiger partial charge in [0.25, 0.3) is 0 Å². The van der Waals surface area contributed by atoms with Crippen molar-refractivity contribution in [2.45, 2.75) is 20.8 Å². The van der Waals surface area contributed by atoms with E-state index in [2.05, 4.69) is 0 Å². The van der Waals surface area contributed by atoms with Crippen molar-refractivity contribution in [1.82, 2.24) is 0 Å². The maximum atomic E-state index is 10.8. The Morgan fingerprint density at radius 2 is 1.32 bits per heavy atom. The molecule has 0 atom stereocenters. The number of carboxylic acid groups (broad SMARTS) is 2. The van der Waals surface area contributed by atoms with Gasteiger partial charge in [0.15, 0.2) is 0 Å². The summed E-state index contributed by atoms with van der Waals surface area (Å²) in [6.45, 7) is 4.77. The summed E-state index contributed by atoms with van der Waals surface area (Å²) in [7, 11) is 0. The molecule has 0 aliphatic rings. The Hall–Kier alpha value is -3.35. The Morgan fingerprint density at radius 3 is 1.76 bits per heavy atom. The van der Waals surface area contributed by atoms with Gasteiger partial charge in [-0.15, -0.1) is 0 Å². The summed E-state index contributed by atoms with van der Waals surface area (Å²) in [5.74, 6) is -2.86. The molecule has 0 aliphatic carbocycles. The molecule has 2 rings (SSSR count). The van der Waals surface area contributed by atoms with Gasteiger partial charge in [-0.05, 0) is 38.1 Å². The average molecular weight is 346 g/mol. The standard InChI is InChI=1S/C10H10O4.C8H8O3/c1-6-3-4-9(14-7(2)11)8(5-6)10(12)13;1-5-2-3-7(9)6(4-5)8(10)11/h3-5H,1-2H3,(H,12,13);2-4,9H,1H3,(H,10,11). The van der Waals surface area contributed by atoms with Crippen LogP contribution in [0.4, 0.5) is 0 Å². The van der Waals surface area contributed by atoms with Crippen LogP contribution in [0, 0.1) is 13.8 Å². The minimum atomic E-state index is -1.11. The lowest BCUT2D eigenvalue weighted by molar-refractivity contribution is -0.131. The normalized spacial score (nSPS) is 9.56. The van der Waals surface area contributed by atoms with E-state index in [0.717, 1.165) is 11.1 Å². The van der Waals surface area contributed by atoms with Crippen LogP contribution in [0.1, 0.15) is 38.8 Å². The number of hydrogen-bond donors (Lipinski definition) is 3. The van der Waals surface area contributed by atoms with Gasteiger partial charge in [-0.2, -0.15) is 0 Å². The number of carbonyl (C=O) groups excluding carboxylic acids is 1. The number of benzene rings is 2. The van der Waals surface area contributed by atoms with Crippen LogP contribution >= 0.6 is 0 Å². The van der Waals surface area contributed by atoms with Gasteiger partial charge < -0.3 is 20.1 Å². The molecule has 3 N–H and O–H groups in total. The second-order valence-electron chi connectivity index (χ2n) is 5.22. The van der Waals surface area contributed by atoms with Crippen molar-refractivity contribution in [3.8, 4) is 11.5 Å². The lowest BCUT2D eigenvalue weighted by atomic mass is 10.1. The number of aryl methyl sites for hydroxylation is 2. The van der Waals surface area contributed by atoms with Crippen molar-refractivity contribution >= 4 is 17.9 Å². The van der Waals surface area contributed by atoms with Gasteiger partial charge in [0, 0.05) is 6.92 Å². The molecule has 0 saturated heterocycles. The third kappa shape index (κ3) is 5.98. The second kappa shape index (κ2) is 8.49. The number of phenols is 1. The number of hydrogen-bond acceptors (Lipinski definition) is 5. The number of aromatic hydroxyl groups is 1. The molecule has 0 radical (unpaired) electrons. The first-order chi connectivity index (χ1) is 11.6. The van der Waals surface area contributed by atoms with Gasteiger partial charge in [-0.3, -0.25) is 4.79 Å². The molecule has 25 heavy (non-hydrogen) atoms. The van der Waals surface area contributed by atoms with Crippen molar-refractivity contribution in [2.24, 2.45) is 0 Å². The van der Waals surface area contributed by atoms with Gasteiger partial charge in [0.1, 0.15) is 22.6 Å². The predicted octanol–water partition coefficient (Wildman–Crippen LogP) is 3.02. The number of carbonyl (C=O) groups is 3. The van der Waals surface area contributed by atoms with E-state index in [0.29, 0.717) is 0 Å². The first kappa shape index (κ1) is 19.7. The van der Waals surface area contributed by atoms with Crippen LogP contribution < -0.4 is 4.74 Å². The molecule has 132 valence electrons. The first-order valence-corrected chi connectivity index (χ1v) is 7.17. The highest BCUT2D eigenvalue weighted by atomic mass is 16.5. The van der Waals surface area contributed by atoms with Crippen LogP contribution in [0.5, 0.6) is 11.5 Å². The van der Waals surface area contributed by atoms with Crippen LogP contribution in [0.3, 0.4) is 0 Å². The molecule has 2 aromatic rings. The van der Waals surface area contributed by atoms with E-state index in [1.54, 1.807) is 26.0 Å². The lowest BCUT2D eigenvalue weighted by Gasteiger charge is -2.05. The molecule has 0 fully saturated rings. The van der Waals surface area contributed by atoms with E-state index in [9.17, 15) is 14.4 Å². The first-order valence-electron chi connectivity index (χ1n) is 7.17. The second-order valence-corrected chi connectivity index (χ2v) is 5.22. The van der Waals surface area contributed by atoms with E-state index in [1.807, 2.05) is 0 Å². The molecule has 7 heteroatoms. The molecule has 0 bridgehead atoms. The quantitative estimate of drug-likeness (QED) is 0.577. The summed E-state index contributed by atoms with van der Waals surface area (Å²) in [6, 6.07) is 9.07. The predicted molar refractivity (Wildman–Crippen MR) is 89.3 cm³/mol. The molecule has 2 aromatic carbocycles. The number of carboxylic acids is 2. The highest BCUT2D eigenvalue weighted by Gasteiger charge is 2.12. The molecule has 0 spiro atoms. The summed E-state index contributed by atoms with van der Waals surface area (Å²) in [5.41, 5.74) is 1.57. The maximum Gasteiger partial charge on any atom is 0.339 e. The largest absolute Gasteiger partial charge is 0.507 e. The maximum absolute atomic E-state index is 10.8. The Balaban J connectivity index is 0.000000257. The van der Waals surface area contributed by atoms with Crippen molar-refractivity contribution in [2.75, 3.05) is 0 Å². The minimum absolute atomic E-state index is 0.000185. The summed E-state index contributed by atoms with van der Waals surface area (Å²) in [5, 5.41) is 26.4. The zero-order valence-corrected chi connectivity index (χ0v) is 13.9. The molecule has 0 aromatic heterocycles. The Kier molecular flexibility index (Phi) is 6.69. The third-order valence-electron chi connectivity index (χ3n) is 3.00. The van der Waals surface area contributed by atoms with Gasteiger partial charge in [-0.25, -0.2) is 9.59 Å². The molecule has 0 heterocycles. The topological polar surface area (TPSA) is 121 Å². The van der Waals surface area contributed by atoms with E-state index in [1.165, 1.54) is 31.2 Å². The van der Waals surface area contributed by atoms with Gasteiger partial charge in [0.05, 0.1) is 0 Å². The molecular weight excluding hydrogens is 328 g/mol. The summed E-state index contributed by atoms with van der Waals surface area (Å²) < 4.78 is 4.74. The number of rotatable bonds is 3. The lowest BCUT2D eigenvalue weighted by Crippen LogP contribution is -2.07. The average Bonchev–Trinajstić information content (AvgIpc) is 2.51. The molecule has 0 unspecified atom stereocenters. The van der Waals surface area contributed by atoms with Gasteiger partial charge in [0.2, 0.25) is 0 Å². The van der Waals surface area contributed by atoms with E-state index in [-0.39, 0.29) is 22.6 Å². The molecular formula is C18H18O7. The van der Waals surface area contributed by atoms with E-state index < -0.39 is 17.9 Å². The fraction of sp³-hybridized carbons (Fsp3) is 0.167. The fourth-order valence-corrected chi connectivity index (χ4v) is 1.88.